The lowest BCUT2D eigenvalue weighted by atomic mass is 9.96. The Bertz CT molecular complexity index is 1010. The summed E-state index contributed by atoms with van der Waals surface area (Å²) >= 11 is 0. The predicted octanol–water partition coefficient (Wildman–Crippen LogP) is 4.54. The van der Waals surface area contributed by atoms with Gasteiger partial charge in [0, 0.05) is 32.2 Å². The van der Waals surface area contributed by atoms with Crippen molar-refractivity contribution in [1.82, 2.24) is 15.1 Å². The number of nitrogens with zero attached hydrogens (tertiary/aromatic N) is 3. The van der Waals surface area contributed by atoms with E-state index in [-0.39, 0.29) is 6.03 Å². The minimum Gasteiger partial charge on any atom is -0.497 e. The molecule has 1 saturated heterocycles. The highest BCUT2D eigenvalue weighted by atomic mass is 16.5. The summed E-state index contributed by atoms with van der Waals surface area (Å²) in [7, 11) is 1.66. The minimum absolute atomic E-state index is 0.0649. The Morgan fingerprint density at radius 1 is 1.03 bits per heavy atom. The highest BCUT2D eigenvalue weighted by molar-refractivity contribution is 6.04. The van der Waals surface area contributed by atoms with Crippen LogP contribution in [-0.2, 0) is 0 Å². The Morgan fingerprint density at radius 2 is 1.81 bits per heavy atom. The lowest BCUT2D eigenvalue weighted by molar-refractivity contribution is 0.164. The van der Waals surface area contributed by atoms with Gasteiger partial charge in [-0.2, -0.15) is 0 Å². The maximum absolute atomic E-state index is 12.8. The van der Waals surface area contributed by atoms with Crippen molar-refractivity contribution in [1.29, 1.82) is 0 Å². The van der Waals surface area contributed by atoms with E-state index in [2.05, 4.69) is 10.2 Å². The van der Waals surface area contributed by atoms with E-state index in [1.807, 2.05) is 47.4 Å². The van der Waals surface area contributed by atoms with E-state index < -0.39 is 0 Å². The number of ether oxygens (including phenoxy) is 2. The van der Waals surface area contributed by atoms with E-state index in [1.165, 1.54) is 19.3 Å². The van der Waals surface area contributed by atoms with Crippen LogP contribution in [0.3, 0.4) is 0 Å². The number of hydrogen-bond donors (Lipinski definition) is 1. The van der Waals surface area contributed by atoms with E-state index in [0.717, 1.165) is 60.3 Å². The maximum Gasteiger partial charge on any atom is 0.317 e. The van der Waals surface area contributed by atoms with Crippen LogP contribution in [0, 0.1) is 0 Å². The number of para-hydroxylation sites is 2. The third-order valence-corrected chi connectivity index (χ3v) is 6.54. The number of rotatable bonds is 2. The van der Waals surface area contributed by atoms with Crippen LogP contribution in [0.25, 0.3) is 0 Å². The van der Waals surface area contributed by atoms with Gasteiger partial charge < -0.3 is 24.6 Å². The van der Waals surface area contributed by atoms with Crippen LogP contribution >= 0.6 is 0 Å². The molecule has 0 bridgehead atoms. The molecule has 3 aliphatic rings. The smallest absolute Gasteiger partial charge is 0.317 e. The predicted molar refractivity (Wildman–Crippen MR) is 124 cm³/mol. The van der Waals surface area contributed by atoms with Crippen LogP contribution in [0.15, 0.2) is 47.5 Å². The van der Waals surface area contributed by atoms with Gasteiger partial charge in [0.05, 0.1) is 12.7 Å². The molecule has 1 aliphatic carbocycles. The van der Waals surface area contributed by atoms with Gasteiger partial charge in [-0.1, -0.05) is 31.4 Å². The maximum atomic E-state index is 12.8. The second-order valence-electron chi connectivity index (χ2n) is 8.63. The molecule has 2 aromatic carbocycles. The third-order valence-electron chi connectivity index (χ3n) is 6.54. The number of aliphatic imine (C=N–C) groups is 1. The summed E-state index contributed by atoms with van der Waals surface area (Å²) in [5, 5.41) is 3.24. The number of amides is 2. The van der Waals surface area contributed by atoms with Gasteiger partial charge in [0.2, 0.25) is 0 Å². The highest BCUT2D eigenvalue weighted by Crippen LogP contribution is 2.39. The van der Waals surface area contributed by atoms with Gasteiger partial charge in [-0.15, -0.1) is 0 Å². The molecule has 0 radical (unpaired) electrons. The molecular formula is C25H30N4O3. The zero-order valence-electron chi connectivity index (χ0n) is 18.5. The summed E-state index contributed by atoms with van der Waals surface area (Å²) in [5.74, 6) is 3.11. The van der Waals surface area contributed by atoms with Crippen LogP contribution in [0.5, 0.6) is 17.2 Å². The second-order valence-corrected chi connectivity index (χ2v) is 8.63. The normalized spacial score (nSPS) is 18.6. The van der Waals surface area contributed by atoms with E-state index in [4.69, 9.17) is 14.5 Å². The molecule has 1 N–H and O–H groups in total. The number of methoxy groups -OCH3 is 1. The Balaban J connectivity index is 1.35. The molecule has 0 spiro atoms. The lowest BCUT2D eigenvalue weighted by Crippen LogP contribution is -2.54. The summed E-state index contributed by atoms with van der Waals surface area (Å²) in [5.41, 5.74) is 1.70. The Morgan fingerprint density at radius 3 is 2.59 bits per heavy atom. The SMILES string of the molecule is COc1ccc2c(c1)C(N1CCN(C(=O)NC3CCCCC3)CC1)=Nc1ccccc1O2. The van der Waals surface area contributed by atoms with Crippen molar-refractivity contribution in [2.24, 2.45) is 4.99 Å². The molecule has 7 heteroatoms. The van der Waals surface area contributed by atoms with E-state index in [0.29, 0.717) is 19.1 Å². The first-order valence-electron chi connectivity index (χ1n) is 11.6. The number of hydrogen-bond acceptors (Lipinski definition) is 5. The fourth-order valence-corrected chi connectivity index (χ4v) is 4.70. The zero-order valence-corrected chi connectivity index (χ0v) is 18.5. The quantitative estimate of drug-likeness (QED) is 0.754. The molecule has 0 atom stereocenters. The number of urea groups is 1. The van der Waals surface area contributed by atoms with Crippen molar-refractivity contribution >= 4 is 17.6 Å². The van der Waals surface area contributed by atoms with Crippen LogP contribution in [0.4, 0.5) is 10.5 Å². The van der Waals surface area contributed by atoms with E-state index in [1.54, 1.807) is 7.11 Å². The van der Waals surface area contributed by atoms with Gasteiger partial charge in [-0.05, 0) is 43.2 Å². The second kappa shape index (κ2) is 9.10. The number of amidine groups is 1. The number of fused-ring (bicyclic) bond motifs is 2. The molecule has 1 saturated carbocycles. The van der Waals surface area contributed by atoms with Gasteiger partial charge in [0.25, 0.3) is 0 Å². The number of piperazine rings is 1. The molecule has 2 aromatic rings. The number of carbonyl (C=O) groups excluding carboxylic acids is 1. The molecule has 2 amide bonds. The van der Waals surface area contributed by atoms with Crippen molar-refractivity contribution < 1.29 is 14.3 Å². The van der Waals surface area contributed by atoms with Crippen LogP contribution in [-0.4, -0.2) is 61.0 Å². The molecule has 5 rings (SSSR count). The molecule has 2 aliphatic heterocycles. The first kappa shape index (κ1) is 20.7. The van der Waals surface area contributed by atoms with Gasteiger partial charge in [0.15, 0.2) is 5.75 Å². The lowest BCUT2D eigenvalue weighted by Gasteiger charge is -2.37. The van der Waals surface area contributed by atoms with Crippen molar-refractivity contribution in [2.45, 2.75) is 38.1 Å². The highest BCUT2D eigenvalue weighted by Gasteiger charge is 2.28. The molecule has 168 valence electrons. The first-order chi connectivity index (χ1) is 15.7. The number of nitrogens with one attached hydrogen (secondary N) is 1. The fraction of sp³-hybridized carbons (Fsp3) is 0.440. The molecule has 0 aromatic heterocycles. The summed E-state index contributed by atoms with van der Waals surface area (Å²) in [6, 6.07) is 14.0. The van der Waals surface area contributed by atoms with Crippen molar-refractivity contribution in [3.63, 3.8) is 0 Å². The topological polar surface area (TPSA) is 66.4 Å². The zero-order chi connectivity index (χ0) is 21.9. The Labute approximate surface area is 189 Å². The monoisotopic (exact) mass is 434 g/mol. The number of carbonyl (C=O) groups is 1. The Kier molecular flexibility index (Phi) is 5.88. The first-order valence-corrected chi connectivity index (χ1v) is 11.6. The average Bonchev–Trinajstić information content (AvgIpc) is 3.01. The standard InChI is InChI=1S/C25H30N4O3/c1-31-19-11-12-22-20(17-19)24(27-21-9-5-6-10-23(21)32-22)28-13-15-29(16-14-28)25(30)26-18-7-3-2-4-8-18/h5-6,9-12,17-18H,2-4,7-8,13-16H2,1H3,(H,26,30). The van der Waals surface area contributed by atoms with Gasteiger partial charge in [-0.3, -0.25) is 0 Å². The molecule has 7 nitrogen and oxygen atoms in total. The minimum atomic E-state index is 0.0649. The fourth-order valence-electron chi connectivity index (χ4n) is 4.70. The summed E-state index contributed by atoms with van der Waals surface area (Å²) < 4.78 is 11.7. The molecule has 0 unspecified atom stereocenters. The van der Waals surface area contributed by atoms with Crippen molar-refractivity contribution in [3.8, 4) is 17.2 Å². The molecule has 2 fully saturated rings. The third kappa shape index (κ3) is 4.24. The van der Waals surface area contributed by atoms with Crippen LogP contribution in [0.2, 0.25) is 0 Å². The average molecular weight is 435 g/mol. The van der Waals surface area contributed by atoms with Crippen LogP contribution in [0.1, 0.15) is 37.7 Å². The molecule has 2 heterocycles. The molecular weight excluding hydrogens is 404 g/mol. The van der Waals surface area contributed by atoms with E-state index >= 15 is 0 Å². The van der Waals surface area contributed by atoms with E-state index in [9.17, 15) is 4.79 Å². The van der Waals surface area contributed by atoms with Crippen molar-refractivity contribution in [3.05, 3.63) is 48.0 Å². The Hall–Kier alpha value is -3.22. The van der Waals surface area contributed by atoms with Gasteiger partial charge in [0.1, 0.15) is 23.0 Å². The van der Waals surface area contributed by atoms with Gasteiger partial charge in [-0.25, -0.2) is 9.79 Å². The van der Waals surface area contributed by atoms with Crippen LogP contribution < -0.4 is 14.8 Å². The number of benzene rings is 2. The largest absolute Gasteiger partial charge is 0.497 e. The van der Waals surface area contributed by atoms with Crippen molar-refractivity contribution in [2.75, 3.05) is 33.3 Å². The summed E-state index contributed by atoms with van der Waals surface area (Å²) in [6.07, 6.45) is 5.91. The molecule has 32 heavy (non-hydrogen) atoms. The van der Waals surface area contributed by atoms with Gasteiger partial charge >= 0.3 is 6.03 Å². The summed E-state index contributed by atoms with van der Waals surface area (Å²) in [4.78, 5) is 21.9. The summed E-state index contributed by atoms with van der Waals surface area (Å²) in [6.45, 7) is 2.77.